The summed E-state index contributed by atoms with van der Waals surface area (Å²) in [5, 5.41) is 0.581. The molecule has 0 unspecified atom stereocenters. The maximum atomic E-state index is 13.0. The molecule has 0 aliphatic rings. The first-order valence-corrected chi connectivity index (χ1v) is 10.5. The highest BCUT2D eigenvalue weighted by Gasteiger charge is 2.16. The molecule has 0 heterocycles. The van der Waals surface area contributed by atoms with E-state index in [2.05, 4.69) is 4.72 Å². The van der Waals surface area contributed by atoms with Crippen molar-refractivity contribution in [1.82, 2.24) is 4.90 Å². The summed E-state index contributed by atoms with van der Waals surface area (Å²) in [4.78, 5) is 14.1. The molecule has 0 aliphatic heterocycles. The molecule has 0 saturated carbocycles. The number of hydrogen-bond acceptors (Lipinski definition) is 3. The lowest BCUT2D eigenvalue weighted by Crippen LogP contribution is -2.26. The zero-order chi connectivity index (χ0) is 21.0. The second kappa shape index (κ2) is 8.63. The summed E-state index contributed by atoms with van der Waals surface area (Å²) in [6.07, 6.45) is 0. The Kier molecular flexibility index (Phi) is 6.20. The molecule has 0 bridgehead atoms. The van der Waals surface area contributed by atoms with E-state index in [0.29, 0.717) is 22.8 Å². The van der Waals surface area contributed by atoms with Gasteiger partial charge in [-0.1, -0.05) is 29.8 Å². The van der Waals surface area contributed by atoms with Crippen molar-refractivity contribution >= 4 is 33.2 Å². The predicted octanol–water partition coefficient (Wildman–Crippen LogP) is 4.55. The summed E-state index contributed by atoms with van der Waals surface area (Å²) in [5.74, 6) is -0.745. The molecule has 0 radical (unpaired) electrons. The zero-order valence-electron chi connectivity index (χ0n) is 15.5. The number of sulfonamides is 1. The fourth-order valence-electron chi connectivity index (χ4n) is 2.68. The van der Waals surface area contributed by atoms with Crippen LogP contribution in [-0.2, 0) is 16.6 Å². The van der Waals surface area contributed by atoms with Gasteiger partial charge in [-0.25, -0.2) is 12.8 Å². The molecule has 5 nitrogen and oxygen atoms in total. The normalized spacial score (nSPS) is 11.1. The van der Waals surface area contributed by atoms with Crippen LogP contribution >= 0.6 is 11.6 Å². The SMILES string of the molecule is CN(Cc1ccccc1Cl)C(=O)c1ccc(NS(=O)(=O)c2ccc(F)cc2)cc1. The topological polar surface area (TPSA) is 66.5 Å². The number of halogens is 2. The third-order valence-electron chi connectivity index (χ3n) is 4.22. The Bertz CT molecular complexity index is 1120. The first-order valence-electron chi connectivity index (χ1n) is 8.63. The molecule has 0 aliphatic carbocycles. The molecule has 0 saturated heterocycles. The van der Waals surface area contributed by atoms with Gasteiger partial charge in [-0.3, -0.25) is 9.52 Å². The summed E-state index contributed by atoms with van der Waals surface area (Å²) in [5.41, 5.74) is 1.53. The second-order valence-corrected chi connectivity index (χ2v) is 8.48. The molecule has 1 N–H and O–H groups in total. The Hall–Kier alpha value is -2.90. The van der Waals surface area contributed by atoms with Crippen LogP contribution < -0.4 is 4.72 Å². The van der Waals surface area contributed by atoms with Crippen molar-refractivity contribution in [2.24, 2.45) is 0 Å². The second-order valence-electron chi connectivity index (χ2n) is 6.39. The van der Waals surface area contributed by atoms with Crippen LogP contribution in [0.1, 0.15) is 15.9 Å². The predicted molar refractivity (Wildman–Crippen MR) is 111 cm³/mol. The van der Waals surface area contributed by atoms with E-state index in [1.54, 1.807) is 13.1 Å². The fourth-order valence-corrected chi connectivity index (χ4v) is 3.94. The summed E-state index contributed by atoms with van der Waals surface area (Å²) in [6.45, 7) is 0.345. The van der Waals surface area contributed by atoms with Crippen molar-refractivity contribution in [3.63, 3.8) is 0 Å². The van der Waals surface area contributed by atoms with E-state index in [9.17, 15) is 17.6 Å². The molecule has 1 amide bonds. The summed E-state index contributed by atoms with van der Waals surface area (Å²) in [7, 11) is -2.19. The molecule has 8 heteroatoms. The lowest BCUT2D eigenvalue weighted by molar-refractivity contribution is 0.0785. The third-order valence-corrected chi connectivity index (χ3v) is 5.99. The molecular formula is C21H18ClFN2O3S. The fraction of sp³-hybridized carbons (Fsp3) is 0.0952. The average molecular weight is 433 g/mol. The first-order chi connectivity index (χ1) is 13.8. The quantitative estimate of drug-likeness (QED) is 0.621. The molecule has 0 spiro atoms. The first kappa shape index (κ1) is 20.8. The van der Waals surface area contributed by atoms with E-state index in [1.165, 1.54) is 41.3 Å². The minimum atomic E-state index is -3.85. The number of rotatable bonds is 6. The highest BCUT2D eigenvalue weighted by atomic mass is 35.5. The van der Waals surface area contributed by atoms with Gasteiger partial charge >= 0.3 is 0 Å². The number of hydrogen-bond donors (Lipinski definition) is 1. The van der Waals surface area contributed by atoms with Crippen molar-refractivity contribution < 1.29 is 17.6 Å². The number of carbonyl (C=O) groups excluding carboxylic acids is 1. The Morgan fingerprint density at radius 1 is 1.00 bits per heavy atom. The van der Waals surface area contributed by atoms with Crippen LogP contribution in [0.4, 0.5) is 10.1 Å². The molecule has 3 aromatic rings. The van der Waals surface area contributed by atoms with Crippen LogP contribution in [0.3, 0.4) is 0 Å². The largest absolute Gasteiger partial charge is 0.337 e. The van der Waals surface area contributed by atoms with Gasteiger partial charge in [0.1, 0.15) is 5.82 Å². The van der Waals surface area contributed by atoms with E-state index in [0.717, 1.165) is 17.7 Å². The van der Waals surface area contributed by atoms with Gasteiger partial charge in [0.25, 0.3) is 15.9 Å². The van der Waals surface area contributed by atoms with E-state index < -0.39 is 15.8 Å². The third kappa shape index (κ3) is 5.13. The van der Waals surface area contributed by atoms with Gasteiger partial charge in [-0.05, 0) is 60.2 Å². The van der Waals surface area contributed by atoms with Gasteiger partial charge in [-0.15, -0.1) is 0 Å². The van der Waals surface area contributed by atoms with Crippen LogP contribution in [0.5, 0.6) is 0 Å². The van der Waals surface area contributed by atoms with Crippen LogP contribution in [0, 0.1) is 5.82 Å². The Labute approximate surface area is 173 Å². The molecule has 150 valence electrons. The molecule has 29 heavy (non-hydrogen) atoms. The average Bonchev–Trinajstić information content (AvgIpc) is 2.70. The number of nitrogens with one attached hydrogen (secondary N) is 1. The summed E-state index contributed by atoms with van der Waals surface area (Å²) >= 11 is 6.14. The molecule has 0 aromatic heterocycles. The van der Waals surface area contributed by atoms with E-state index >= 15 is 0 Å². The number of benzene rings is 3. The molecule has 0 fully saturated rings. The summed E-state index contributed by atoms with van der Waals surface area (Å²) in [6, 6.07) is 17.9. The molecule has 3 aromatic carbocycles. The Balaban J connectivity index is 1.70. The van der Waals surface area contributed by atoms with Gasteiger partial charge in [0.2, 0.25) is 0 Å². The number of carbonyl (C=O) groups is 1. The van der Waals surface area contributed by atoms with Crippen LogP contribution in [-0.4, -0.2) is 26.3 Å². The monoisotopic (exact) mass is 432 g/mol. The minimum Gasteiger partial charge on any atom is -0.337 e. The highest BCUT2D eigenvalue weighted by Crippen LogP contribution is 2.20. The molecule has 0 atom stereocenters. The van der Waals surface area contributed by atoms with Crippen LogP contribution in [0.25, 0.3) is 0 Å². The van der Waals surface area contributed by atoms with Gasteiger partial charge in [-0.2, -0.15) is 0 Å². The Morgan fingerprint density at radius 2 is 1.62 bits per heavy atom. The zero-order valence-corrected chi connectivity index (χ0v) is 17.0. The van der Waals surface area contributed by atoms with Gasteiger partial charge in [0.15, 0.2) is 0 Å². The highest BCUT2D eigenvalue weighted by molar-refractivity contribution is 7.92. The van der Waals surface area contributed by atoms with Crippen molar-refractivity contribution in [2.45, 2.75) is 11.4 Å². The van der Waals surface area contributed by atoms with Gasteiger partial charge in [0, 0.05) is 29.9 Å². The van der Waals surface area contributed by atoms with E-state index in [-0.39, 0.29) is 10.8 Å². The van der Waals surface area contributed by atoms with E-state index in [1.807, 2.05) is 18.2 Å². The smallest absolute Gasteiger partial charge is 0.261 e. The van der Waals surface area contributed by atoms with Crippen molar-refractivity contribution in [3.8, 4) is 0 Å². The van der Waals surface area contributed by atoms with Crippen molar-refractivity contribution in [3.05, 3.63) is 94.8 Å². The van der Waals surface area contributed by atoms with Gasteiger partial charge < -0.3 is 4.90 Å². The van der Waals surface area contributed by atoms with Crippen molar-refractivity contribution in [1.29, 1.82) is 0 Å². The summed E-state index contributed by atoms with van der Waals surface area (Å²) < 4.78 is 40.1. The number of amides is 1. The van der Waals surface area contributed by atoms with Crippen molar-refractivity contribution in [2.75, 3.05) is 11.8 Å². The lowest BCUT2D eigenvalue weighted by atomic mass is 10.1. The Morgan fingerprint density at radius 3 is 2.24 bits per heavy atom. The van der Waals surface area contributed by atoms with Crippen LogP contribution in [0.15, 0.2) is 77.7 Å². The maximum Gasteiger partial charge on any atom is 0.261 e. The van der Waals surface area contributed by atoms with E-state index in [4.69, 9.17) is 11.6 Å². The number of nitrogens with zero attached hydrogens (tertiary/aromatic N) is 1. The maximum absolute atomic E-state index is 13.0. The lowest BCUT2D eigenvalue weighted by Gasteiger charge is -2.18. The van der Waals surface area contributed by atoms with Gasteiger partial charge in [0.05, 0.1) is 4.90 Å². The standard InChI is InChI=1S/C21H18ClFN2O3S/c1-25(14-16-4-2-3-5-20(16)22)21(26)15-6-10-18(11-7-15)24-29(27,28)19-12-8-17(23)9-13-19/h2-13,24H,14H2,1H3. The minimum absolute atomic E-state index is 0.0569. The molecular weight excluding hydrogens is 415 g/mol. The number of anilines is 1. The van der Waals surface area contributed by atoms with Crippen LogP contribution in [0.2, 0.25) is 5.02 Å². The molecule has 3 rings (SSSR count).